The molecule has 0 aliphatic carbocycles. The number of rotatable bonds is 3. The zero-order valence-electron chi connectivity index (χ0n) is 17.0. The maximum atomic E-state index is 13.6. The van der Waals surface area contributed by atoms with Crippen molar-refractivity contribution in [3.8, 4) is 11.6 Å². The summed E-state index contributed by atoms with van der Waals surface area (Å²) in [6.45, 7) is 0. The van der Waals surface area contributed by atoms with E-state index in [1.54, 1.807) is 0 Å². The molecule has 1 N–H and O–H groups in total. The third-order valence-corrected chi connectivity index (χ3v) is 5.07. The predicted octanol–water partition coefficient (Wildman–Crippen LogP) is 6.48. The molecule has 1 heterocycles. The molecule has 0 fully saturated rings. The lowest BCUT2D eigenvalue weighted by molar-refractivity contribution is -0.138. The molecule has 0 radical (unpaired) electrons. The second-order valence-corrected chi connectivity index (χ2v) is 7.24. The van der Waals surface area contributed by atoms with E-state index in [9.17, 15) is 36.2 Å². The van der Waals surface area contributed by atoms with Crippen LogP contribution in [-0.2, 0) is 12.4 Å². The van der Waals surface area contributed by atoms with E-state index in [-0.39, 0.29) is 22.0 Å². The van der Waals surface area contributed by atoms with E-state index in [4.69, 9.17) is 0 Å². The van der Waals surface area contributed by atoms with E-state index in [0.717, 1.165) is 42.6 Å². The van der Waals surface area contributed by atoms with E-state index in [2.05, 4.69) is 4.99 Å². The average molecular weight is 476 g/mol. The van der Waals surface area contributed by atoms with Crippen LogP contribution in [0.25, 0.3) is 16.5 Å². The molecule has 1 aromatic heterocycles. The molecule has 0 bridgehead atoms. The molecule has 0 spiro atoms. The first-order valence-corrected chi connectivity index (χ1v) is 9.73. The summed E-state index contributed by atoms with van der Waals surface area (Å²) in [5.74, 6) is -0.837. The number of fused-ring (bicyclic) bond motifs is 1. The molecule has 0 saturated carbocycles. The number of aromatic nitrogens is 1. The standard InChI is InChI=1S/C24H14F6N2O2/c25-23(26,27)14-6-5-7-15(12-14)31-13-18-16-8-1-2-9-17(16)21(33)32(22(18)34)20-11-4-3-10-19(20)24(28,29)30/h1-13,34H. The SMILES string of the molecule is O=c1c2ccccc2c(C=Nc2cccc(C(F)(F)F)c2)c(O)n1-c1ccccc1C(F)(F)F. The van der Waals surface area contributed by atoms with Crippen molar-refractivity contribution in [1.82, 2.24) is 4.57 Å². The summed E-state index contributed by atoms with van der Waals surface area (Å²) >= 11 is 0. The Balaban J connectivity index is 1.97. The minimum atomic E-state index is -4.82. The fraction of sp³-hybridized carbons (Fsp3) is 0.0833. The molecule has 10 heteroatoms. The van der Waals surface area contributed by atoms with E-state index in [0.29, 0.717) is 4.57 Å². The highest BCUT2D eigenvalue weighted by Crippen LogP contribution is 2.36. The number of pyridine rings is 1. The van der Waals surface area contributed by atoms with Gasteiger partial charge < -0.3 is 5.11 Å². The van der Waals surface area contributed by atoms with Crippen LogP contribution in [0.3, 0.4) is 0 Å². The van der Waals surface area contributed by atoms with Crippen molar-refractivity contribution in [2.75, 3.05) is 0 Å². The lowest BCUT2D eigenvalue weighted by Crippen LogP contribution is -2.23. The lowest BCUT2D eigenvalue weighted by atomic mass is 10.1. The van der Waals surface area contributed by atoms with Crippen molar-refractivity contribution in [3.63, 3.8) is 0 Å². The second kappa shape index (κ2) is 8.36. The van der Waals surface area contributed by atoms with Gasteiger partial charge in [0.1, 0.15) is 0 Å². The number of para-hydroxylation sites is 1. The summed E-state index contributed by atoms with van der Waals surface area (Å²) in [5.41, 5.74) is -3.84. The Hall–Kier alpha value is -4.08. The lowest BCUT2D eigenvalue weighted by Gasteiger charge is -2.18. The molecule has 4 aromatic rings. The van der Waals surface area contributed by atoms with E-state index in [1.807, 2.05) is 0 Å². The minimum absolute atomic E-state index is 0.0113. The molecule has 3 aromatic carbocycles. The monoisotopic (exact) mass is 476 g/mol. The summed E-state index contributed by atoms with van der Waals surface area (Å²) in [7, 11) is 0. The van der Waals surface area contributed by atoms with Gasteiger partial charge in [-0.2, -0.15) is 26.3 Å². The zero-order chi connectivity index (χ0) is 24.7. The first kappa shape index (κ1) is 23.1. The maximum Gasteiger partial charge on any atom is 0.418 e. The number of halogens is 6. The van der Waals surface area contributed by atoms with Crippen molar-refractivity contribution < 1.29 is 31.4 Å². The molecule has 4 nitrogen and oxygen atoms in total. The van der Waals surface area contributed by atoms with Gasteiger partial charge >= 0.3 is 12.4 Å². The van der Waals surface area contributed by atoms with Gasteiger partial charge in [0.2, 0.25) is 5.88 Å². The molecule has 174 valence electrons. The van der Waals surface area contributed by atoms with E-state index in [1.165, 1.54) is 36.4 Å². The van der Waals surface area contributed by atoms with Gasteiger partial charge in [-0.05, 0) is 36.4 Å². The summed E-state index contributed by atoms with van der Waals surface area (Å²) in [4.78, 5) is 17.1. The summed E-state index contributed by atoms with van der Waals surface area (Å²) < 4.78 is 80.3. The van der Waals surface area contributed by atoms with Gasteiger partial charge in [-0.25, -0.2) is 4.57 Å². The number of aromatic hydroxyl groups is 1. The minimum Gasteiger partial charge on any atom is -0.494 e. The molecular weight excluding hydrogens is 462 g/mol. The highest BCUT2D eigenvalue weighted by molar-refractivity contribution is 6.02. The number of alkyl halides is 6. The Labute approximate surface area is 188 Å². The second-order valence-electron chi connectivity index (χ2n) is 7.24. The van der Waals surface area contributed by atoms with Crippen molar-refractivity contribution in [2.45, 2.75) is 12.4 Å². The van der Waals surface area contributed by atoms with Crippen LogP contribution in [0.2, 0.25) is 0 Å². The first-order valence-electron chi connectivity index (χ1n) is 9.73. The fourth-order valence-corrected chi connectivity index (χ4v) is 3.52. The number of hydrogen-bond acceptors (Lipinski definition) is 3. The quantitative estimate of drug-likeness (QED) is 0.272. The zero-order valence-corrected chi connectivity index (χ0v) is 17.0. The van der Waals surface area contributed by atoms with Crippen LogP contribution in [0.4, 0.5) is 32.0 Å². The number of aliphatic imine (C=N–C) groups is 1. The topological polar surface area (TPSA) is 54.6 Å². The molecule has 4 rings (SSSR count). The molecule has 0 atom stereocenters. The summed E-state index contributed by atoms with van der Waals surface area (Å²) in [6.07, 6.45) is -8.41. The highest BCUT2D eigenvalue weighted by atomic mass is 19.4. The Morgan fingerprint density at radius 3 is 2.12 bits per heavy atom. The Morgan fingerprint density at radius 2 is 1.44 bits per heavy atom. The predicted molar refractivity (Wildman–Crippen MR) is 115 cm³/mol. The van der Waals surface area contributed by atoms with Crippen LogP contribution >= 0.6 is 0 Å². The molecule has 0 aliphatic heterocycles. The third-order valence-electron chi connectivity index (χ3n) is 5.07. The smallest absolute Gasteiger partial charge is 0.418 e. The Morgan fingerprint density at radius 1 is 0.794 bits per heavy atom. The maximum absolute atomic E-state index is 13.6. The van der Waals surface area contributed by atoms with Gasteiger partial charge in [0.05, 0.1) is 28.1 Å². The van der Waals surface area contributed by atoms with Gasteiger partial charge in [0.25, 0.3) is 5.56 Å². The van der Waals surface area contributed by atoms with Gasteiger partial charge in [-0.3, -0.25) is 9.79 Å². The molecule has 0 unspecified atom stereocenters. The van der Waals surface area contributed by atoms with Crippen LogP contribution in [0.1, 0.15) is 16.7 Å². The van der Waals surface area contributed by atoms with Gasteiger partial charge in [0, 0.05) is 17.0 Å². The largest absolute Gasteiger partial charge is 0.494 e. The van der Waals surface area contributed by atoms with Gasteiger partial charge in [-0.15, -0.1) is 0 Å². The first-order chi connectivity index (χ1) is 16.0. The van der Waals surface area contributed by atoms with Gasteiger partial charge in [-0.1, -0.05) is 36.4 Å². The fourth-order valence-electron chi connectivity index (χ4n) is 3.52. The Bertz CT molecular complexity index is 1470. The number of nitrogens with zero attached hydrogens (tertiary/aromatic N) is 2. The van der Waals surface area contributed by atoms with Crippen molar-refractivity contribution in [3.05, 3.63) is 99.8 Å². The van der Waals surface area contributed by atoms with Crippen LogP contribution in [0.5, 0.6) is 5.88 Å². The van der Waals surface area contributed by atoms with Gasteiger partial charge in [0.15, 0.2) is 0 Å². The van der Waals surface area contributed by atoms with Crippen molar-refractivity contribution in [1.29, 1.82) is 0 Å². The van der Waals surface area contributed by atoms with E-state index >= 15 is 0 Å². The van der Waals surface area contributed by atoms with Crippen molar-refractivity contribution in [2.24, 2.45) is 4.99 Å². The van der Waals surface area contributed by atoms with E-state index < -0.39 is 40.6 Å². The third kappa shape index (κ3) is 4.26. The normalized spacial score (nSPS) is 12.5. The summed E-state index contributed by atoms with van der Waals surface area (Å²) in [6, 6.07) is 14.2. The van der Waals surface area contributed by atoms with Crippen molar-refractivity contribution >= 4 is 22.7 Å². The Kier molecular flexibility index (Phi) is 5.68. The highest BCUT2D eigenvalue weighted by Gasteiger charge is 2.35. The number of hydrogen-bond donors (Lipinski definition) is 1. The van der Waals surface area contributed by atoms with Crippen LogP contribution in [0.15, 0.2) is 82.6 Å². The molecule has 34 heavy (non-hydrogen) atoms. The molecule has 0 aliphatic rings. The molecule has 0 saturated heterocycles. The molecule has 0 amide bonds. The molecular formula is C24H14F6N2O2. The number of benzene rings is 3. The summed E-state index contributed by atoms with van der Waals surface area (Å²) in [5, 5.41) is 11.1. The van der Waals surface area contributed by atoms with Crippen LogP contribution < -0.4 is 5.56 Å². The van der Waals surface area contributed by atoms with Crippen LogP contribution in [0, 0.1) is 0 Å². The van der Waals surface area contributed by atoms with Crippen LogP contribution in [-0.4, -0.2) is 15.9 Å². The average Bonchev–Trinajstić information content (AvgIpc) is 2.78.